The van der Waals surface area contributed by atoms with E-state index in [4.69, 9.17) is 4.98 Å². The van der Waals surface area contributed by atoms with Crippen LogP contribution in [-0.2, 0) is 32.5 Å². The topological polar surface area (TPSA) is 46.8 Å². The summed E-state index contributed by atoms with van der Waals surface area (Å²) in [6.07, 6.45) is 8.06. The zero-order valence-electron chi connectivity index (χ0n) is 14.6. The van der Waals surface area contributed by atoms with E-state index in [1.165, 1.54) is 22.4 Å². The molecule has 0 saturated heterocycles. The Hall–Kier alpha value is -2.53. The van der Waals surface area contributed by atoms with E-state index in [9.17, 15) is 0 Å². The highest BCUT2D eigenvalue weighted by molar-refractivity contribution is 5.21. The molecule has 0 atom stereocenters. The highest BCUT2D eigenvalue weighted by Gasteiger charge is 2.18. The van der Waals surface area contributed by atoms with Crippen molar-refractivity contribution >= 4 is 0 Å². The summed E-state index contributed by atoms with van der Waals surface area (Å²) in [5.41, 5.74) is 5.01. The minimum absolute atomic E-state index is 0.816. The molecule has 5 heteroatoms. The molecule has 0 fully saturated rings. The third kappa shape index (κ3) is 3.77. The number of aromatic nitrogens is 4. The highest BCUT2D eigenvalue weighted by Crippen LogP contribution is 2.18. The van der Waals surface area contributed by atoms with Gasteiger partial charge in [-0.3, -0.25) is 9.58 Å². The summed E-state index contributed by atoms with van der Waals surface area (Å²) in [7, 11) is 0. The monoisotopic (exact) mass is 333 g/mol. The molecule has 3 aromatic rings. The van der Waals surface area contributed by atoms with E-state index in [1.54, 1.807) is 0 Å². The van der Waals surface area contributed by atoms with Gasteiger partial charge in [0.05, 0.1) is 18.4 Å². The number of hydrogen-bond donors (Lipinski definition) is 0. The van der Waals surface area contributed by atoms with Gasteiger partial charge in [-0.15, -0.1) is 0 Å². The maximum atomic E-state index is 4.71. The summed E-state index contributed by atoms with van der Waals surface area (Å²) in [5.74, 6) is 0.941. The van der Waals surface area contributed by atoms with Crippen molar-refractivity contribution in [2.45, 2.75) is 39.4 Å². The molecule has 0 radical (unpaired) electrons. The lowest BCUT2D eigenvalue weighted by Crippen LogP contribution is -2.31. The Bertz CT molecular complexity index is 840. The molecule has 0 amide bonds. The van der Waals surface area contributed by atoms with Gasteiger partial charge in [-0.2, -0.15) is 5.10 Å². The van der Waals surface area contributed by atoms with Crippen LogP contribution in [0.5, 0.6) is 0 Å². The average Bonchev–Trinajstić information content (AvgIpc) is 3.08. The third-order valence-electron chi connectivity index (χ3n) is 4.67. The van der Waals surface area contributed by atoms with Crippen molar-refractivity contribution in [2.24, 2.45) is 0 Å². The molecule has 0 aliphatic carbocycles. The van der Waals surface area contributed by atoms with Crippen molar-refractivity contribution in [3.05, 3.63) is 77.1 Å². The predicted molar refractivity (Wildman–Crippen MR) is 97.0 cm³/mol. The van der Waals surface area contributed by atoms with E-state index in [-0.39, 0.29) is 0 Å². The fourth-order valence-corrected chi connectivity index (χ4v) is 3.31. The average molecular weight is 333 g/mol. The van der Waals surface area contributed by atoms with Crippen LogP contribution in [0, 0.1) is 0 Å². The Morgan fingerprint density at radius 1 is 1.04 bits per heavy atom. The van der Waals surface area contributed by atoms with Crippen LogP contribution in [0.15, 0.2) is 48.9 Å². The summed E-state index contributed by atoms with van der Waals surface area (Å²) in [5, 5.41) is 4.51. The number of rotatable bonds is 5. The van der Waals surface area contributed by atoms with E-state index in [1.807, 2.05) is 23.1 Å². The fraction of sp³-hybridized carbons (Fsp3) is 0.350. The predicted octanol–water partition coefficient (Wildman–Crippen LogP) is 2.84. The van der Waals surface area contributed by atoms with Gasteiger partial charge in [0.1, 0.15) is 5.82 Å². The summed E-state index contributed by atoms with van der Waals surface area (Å²) < 4.78 is 2.01. The van der Waals surface area contributed by atoms with Crippen molar-refractivity contribution in [3.63, 3.8) is 0 Å². The summed E-state index contributed by atoms with van der Waals surface area (Å²) in [6.45, 7) is 5.78. The second-order valence-corrected chi connectivity index (χ2v) is 6.60. The van der Waals surface area contributed by atoms with Crippen LogP contribution < -0.4 is 0 Å². The number of fused-ring (bicyclic) bond motifs is 1. The van der Waals surface area contributed by atoms with E-state index in [2.05, 4.69) is 52.4 Å². The molecule has 1 aliphatic heterocycles. The molecule has 5 nitrogen and oxygen atoms in total. The van der Waals surface area contributed by atoms with Crippen molar-refractivity contribution in [1.29, 1.82) is 0 Å². The van der Waals surface area contributed by atoms with Crippen molar-refractivity contribution in [2.75, 3.05) is 6.54 Å². The zero-order valence-corrected chi connectivity index (χ0v) is 14.6. The van der Waals surface area contributed by atoms with Crippen LogP contribution in [0.3, 0.4) is 0 Å². The van der Waals surface area contributed by atoms with Gasteiger partial charge in [-0.25, -0.2) is 9.97 Å². The van der Waals surface area contributed by atoms with E-state index in [0.29, 0.717) is 0 Å². The molecule has 0 N–H and O–H groups in total. The smallest absolute Gasteiger partial charge is 0.128 e. The number of hydrogen-bond acceptors (Lipinski definition) is 4. The second-order valence-electron chi connectivity index (χ2n) is 6.60. The molecule has 3 heterocycles. The number of benzene rings is 1. The largest absolute Gasteiger partial charge is 0.293 e. The Morgan fingerprint density at radius 3 is 2.76 bits per heavy atom. The molecule has 0 bridgehead atoms. The Kier molecular flexibility index (Phi) is 4.57. The quantitative estimate of drug-likeness (QED) is 0.720. The second kappa shape index (κ2) is 7.15. The third-order valence-corrected chi connectivity index (χ3v) is 4.67. The van der Waals surface area contributed by atoms with Crippen molar-refractivity contribution < 1.29 is 0 Å². The lowest BCUT2D eigenvalue weighted by molar-refractivity contribution is 0.240. The number of aryl methyl sites for hydroxylation is 1. The summed E-state index contributed by atoms with van der Waals surface area (Å²) in [6, 6.07) is 10.4. The molecular formula is C20H23N5. The maximum absolute atomic E-state index is 4.71. The minimum atomic E-state index is 0.816. The first-order valence-corrected chi connectivity index (χ1v) is 8.91. The van der Waals surface area contributed by atoms with Crippen molar-refractivity contribution in [3.8, 4) is 0 Å². The van der Waals surface area contributed by atoms with Crippen LogP contribution in [0.1, 0.15) is 35.1 Å². The Morgan fingerprint density at radius 2 is 1.92 bits per heavy atom. The molecule has 1 aliphatic rings. The van der Waals surface area contributed by atoms with Gasteiger partial charge in [-0.05, 0) is 17.5 Å². The van der Waals surface area contributed by atoms with Gasteiger partial charge in [0.25, 0.3) is 0 Å². The molecule has 0 spiro atoms. The molecule has 1 aromatic carbocycles. The van der Waals surface area contributed by atoms with E-state index >= 15 is 0 Å². The molecule has 0 unspecified atom stereocenters. The standard InChI is InChI=1S/C20H23N5/c1-2-20-21-11-18-8-9-24(15-19(18)23-20)12-17-10-22-25(14-17)13-16-6-4-3-5-7-16/h3-7,10-11,14H,2,8-9,12-13,15H2,1H3. The highest BCUT2D eigenvalue weighted by atomic mass is 15.3. The van der Waals surface area contributed by atoms with Gasteiger partial charge in [0.15, 0.2) is 0 Å². The van der Waals surface area contributed by atoms with Gasteiger partial charge >= 0.3 is 0 Å². The Balaban J connectivity index is 1.41. The van der Waals surface area contributed by atoms with Crippen LogP contribution in [0.2, 0.25) is 0 Å². The SMILES string of the molecule is CCc1ncc2c(n1)CN(Cc1cnn(Cc3ccccc3)c1)CC2. The van der Waals surface area contributed by atoms with Crippen LogP contribution >= 0.6 is 0 Å². The molecule has 4 rings (SSSR count). The van der Waals surface area contributed by atoms with Crippen LogP contribution in [-0.4, -0.2) is 31.2 Å². The molecular weight excluding hydrogens is 310 g/mol. The van der Waals surface area contributed by atoms with Gasteiger partial charge < -0.3 is 0 Å². The summed E-state index contributed by atoms with van der Waals surface area (Å²) in [4.78, 5) is 11.6. The first-order valence-electron chi connectivity index (χ1n) is 8.91. The van der Waals surface area contributed by atoms with Crippen molar-refractivity contribution in [1.82, 2.24) is 24.6 Å². The molecule has 2 aromatic heterocycles. The van der Waals surface area contributed by atoms with Crippen LogP contribution in [0.25, 0.3) is 0 Å². The molecule has 0 saturated carbocycles. The van der Waals surface area contributed by atoms with E-state index < -0.39 is 0 Å². The first kappa shape index (κ1) is 16.0. The van der Waals surface area contributed by atoms with Crippen LogP contribution in [0.4, 0.5) is 0 Å². The molecule has 128 valence electrons. The lowest BCUT2D eigenvalue weighted by atomic mass is 10.1. The summed E-state index contributed by atoms with van der Waals surface area (Å²) >= 11 is 0. The molecule has 25 heavy (non-hydrogen) atoms. The lowest BCUT2D eigenvalue weighted by Gasteiger charge is -2.27. The maximum Gasteiger partial charge on any atom is 0.128 e. The van der Waals surface area contributed by atoms with Gasteiger partial charge in [0.2, 0.25) is 0 Å². The normalized spacial score (nSPS) is 14.4. The van der Waals surface area contributed by atoms with Gasteiger partial charge in [0, 0.05) is 44.0 Å². The first-order chi connectivity index (χ1) is 12.3. The van der Waals surface area contributed by atoms with Gasteiger partial charge in [-0.1, -0.05) is 37.3 Å². The minimum Gasteiger partial charge on any atom is -0.293 e. The zero-order chi connectivity index (χ0) is 17.1. The van der Waals surface area contributed by atoms with E-state index in [0.717, 1.165) is 44.8 Å². The number of nitrogens with zero attached hydrogens (tertiary/aromatic N) is 5. The Labute approximate surface area is 148 Å². The fourth-order valence-electron chi connectivity index (χ4n) is 3.31.